The number of amides is 3. The third kappa shape index (κ3) is 4.15. The van der Waals surface area contributed by atoms with Crippen molar-refractivity contribution in [1.29, 1.82) is 0 Å². The highest BCUT2D eigenvalue weighted by molar-refractivity contribution is 7.92. The first kappa shape index (κ1) is 16.9. The quantitative estimate of drug-likeness (QED) is 0.695. The number of carbonyl (C=O) groups is 2. The molecule has 116 valence electrons. The van der Waals surface area contributed by atoms with E-state index in [0.717, 1.165) is 25.1 Å². The van der Waals surface area contributed by atoms with Crippen LogP contribution >= 0.6 is 0 Å². The van der Waals surface area contributed by atoms with Crippen molar-refractivity contribution in [2.45, 2.75) is 24.0 Å². The van der Waals surface area contributed by atoms with Crippen molar-refractivity contribution < 1.29 is 22.4 Å². The Morgan fingerprint density at radius 2 is 1.95 bits per heavy atom. The topological polar surface area (TPSA) is 118 Å². The Balaban J connectivity index is 3.01. The summed E-state index contributed by atoms with van der Waals surface area (Å²) in [6.45, 7) is 3.02. The van der Waals surface area contributed by atoms with E-state index in [2.05, 4.69) is 5.32 Å². The summed E-state index contributed by atoms with van der Waals surface area (Å²) in [6.07, 6.45) is 0. The lowest BCUT2D eigenvalue weighted by Crippen LogP contribution is -2.45. The number of carbonyl (C=O) groups excluding carboxylic acids is 2. The smallest absolute Gasteiger partial charge is 0.321 e. The van der Waals surface area contributed by atoms with Gasteiger partial charge in [0, 0.05) is 12.2 Å². The number of nitrogens with one attached hydrogen (secondary N) is 2. The molecule has 3 amide bonds. The maximum Gasteiger partial charge on any atom is 0.321 e. The number of rotatable bonds is 4. The number of hydrogen-bond donors (Lipinski definition) is 3. The van der Waals surface area contributed by atoms with E-state index in [1.165, 1.54) is 0 Å². The van der Waals surface area contributed by atoms with Gasteiger partial charge in [-0.25, -0.2) is 17.6 Å². The van der Waals surface area contributed by atoms with Crippen molar-refractivity contribution >= 4 is 27.5 Å². The molecule has 0 bridgehead atoms. The maximum absolute atomic E-state index is 13.2. The second kappa shape index (κ2) is 6.53. The molecular formula is C12H16FN3O4S. The number of benzene rings is 1. The van der Waals surface area contributed by atoms with Crippen molar-refractivity contribution in [3.63, 3.8) is 0 Å². The van der Waals surface area contributed by atoms with Crippen molar-refractivity contribution in [1.82, 2.24) is 10.6 Å². The van der Waals surface area contributed by atoms with Crippen LogP contribution in [0.1, 0.15) is 13.8 Å². The molecule has 0 radical (unpaired) electrons. The lowest BCUT2D eigenvalue weighted by Gasteiger charge is -2.13. The third-order valence-corrected chi connectivity index (χ3v) is 4.67. The normalized spacial score (nSPS) is 12.5. The molecule has 0 aliphatic rings. The highest BCUT2D eigenvalue weighted by atomic mass is 32.2. The summed E-state index contributed by atoms with van der Waals surface area (Å²) in [7, 11) is -4.16. The van der Waals surface area contributed by atoms with E-state index >= 15 is 0 Å². The molecule has 0 aliphatic heterocycles. The summed E-state index contributed by atoms with van der Waals surface area (Å²) in [5.74, 6) is -1.84. The summed E-state index contributed by atoms with van der Waals surface area (Å²) in [5.41, 5.74) is 5.30. The molecule has 4 N–H and O–H groups in total. The number of hydrogen-bond acceptors (Lipinski definition) is 5. The van der Waals surface area contributed by atoms with Crippen LogP contribution in [0.3, 0.4) is 0 Å². The summed E-state index contributed by atoms with van der Waals surface area (Å²) in [4.78, 5) is 22.5. The monoisotopic (exact) mass is 317 g/mol. The molecule has 0 saturated heterocycles. The Labute approximate surface area is 121 Å². The number of urea groups is 1. The summed E-state index contributed by atoms with van der Waals surface area (Å²) in [6, 6.07) is 1.97. The van der Waals surface area contributed by atoms with Crippen molar-refractivity contribution in [2.75, 3.05) is 12.3 Å². The van der Waals surface area contributed by atoms with E-state index in [-0.39, 0.29) is 12.2 Å². The van der Waals surface area contributed by atoms with Gasteiger partial charge in [-0.1, -0.05) is 0 Å². The first-order chi connectivity index (χ1) is 9.68. The molecule has 0 heterocycles. The van der Waals surface area contributed by atoms with E-state index in [9.17, 15) is 22.4 Å². The second-order valence-electron chi connectivity index (χ2n) is 4.26. The largest absolute Gasteiger partial charge is 0.399 e. The van der Waals surface area contributed by atoms with E-state index in [0.29, 0.717) is 0 Å². The summed E-state index contributed by atoms with van der Waals surface area (Å²) in [5, 5.41) is 2.62. The predicted octanol–water partition coefficient (Wildman–Crippen LogP) is 0.416. The second-order valence-corrected chi connectivity index (χ2v) is 6.52. The van der Waals surface area contributed by atoms with E-state index in [1.54, 1.807) is 6.92 Å². The van der Waals surface area contributed by atoms with Gasteiger partial charge in [-0.3, -0.25) is 10.1 Å². The molecule has 1 unspecified atom stereocenters. The molecular weight excluding hydrogens is 301 g/mol. The lowest BCUT2D eigenvalue weighted by atomic mass is 10.3. The van der Waals surface area contributed by atoms with Crippen LogP contribution in [0.2, 0.25) is 0 Å². The van der Waals surface area contributed by atoms with Crippen LogP contribution in [0.25, 0.3) is 0 Å². The summed E-state index contributed by atoms with van der Waals surface area (Å²) < 4.78 is 37.6. The first-order valence-electron chi connectivity index (χ1n) is 6.07. The van der Waals surface area contributed by atoms with Gasteiger partial charge >= 0.3 is 6.03 Å². The van der Waals surface area contributed by atoms with Gasteiger partial charge in [0.2, 0.25) is 5.91 Å². The van der Waals surface area contributed by atoms with Crippen LogP contribution in [0.5, 0.6) is 0 Å². The molecule has 1 rings (SSSR count). The number of imide groups is 1. The van der Waals surface area contributed by atoms with Gasteiger partial charge in [-0.15, -0.1) is 0 Å². The molecule has 1 aromatic rings. The Hall–Kier alpha value is -2.16. The van der Waals surface area contributed by atoms with E-state index in [4.69, 9.17) is 5.73 Å². The number of anilines is 1. The molecule has 0 spiro atoms. The van der Waals surface area contributed by atoms with E-state index in [1.807, 2.05) is 5.32 Å². The van der Waals surface area contributed by atoms with Crippen LogP contribution in [0.4, 0.5) is 14.9 Å². The SMILES string of the molecule is CCNC(=O)NC(=O)C(C)S(=O)(=O)c1cc(N)cc(F)c1. The van der Waals surface area contributed by atoms with Gasteiger partial charge in [0.25, 0.3) is 0 Å². The van der Waals surface area contributed by atoms with Crippen LogP contribution in [0.15, 0.2) is 23.1 Å². The lowest BCUT2D eigenvalue weighted by molar-refractivity contribution is -0.119. The number of nitrogen functional groups attached to an aromatic ring is 1. The fraction of sp³-hybridized carbons (Fsp3) is 0.333. The Kier molecular flexibility index (Phi) is 5.25. The number of nitrogens with two attached hydrogens (primary N) is 1. The van der Waals surface area contributed by atoms with Crippen LogP contribution in [-0.2, 0) is 14.6 Å². The first-order valence-corrected chi connectivity index (χ1v) is 7.61. The molecule has 1 aromatic carbocycles. The molecule has 0 fully saturated rings. The average molecular weight is 317 g/mol. The predicted molar refractivity (Wildman–Crippen MR) is 74.7 cm³/mol. The van der Waals surface area contributed by atoms with Crippen LogP contribution in [0, 0.1) is 5.82 Å². The minimum absolute atomic E-state index is 0.0788. The van der Waals surface area contributed by atoms with Gasteiger partial charge < -0.3 is 11.1 Å². The average Bonchev–Trinajstić information content (AvgIpc) is 2.36. The van der Waals surface area contributed by atoms with Crippen molar-refractivity contribution in [3.8, 4) is 0 Å². The van der Waals surface area contributed by atoms with E-state index < -0.39 is 37.7 Å². The molecule has 9 heteroatoms. The Morgan fingerprint density at radius 3 is 2.48 bits per heavy atom. The van der Waals surface area contributed by atoms with Crippen molar-refractivity contribution in [3.05, 3.63) is 24.0 Å². The highest BCUT2D eigenvalue weighted by Gasteiger charge is 2.31. The van der Waals surface area contributed by atoms with Crippen LogP contribution < -0.4 is 16.4 Å². The molecule has 7 nitrogen and oxygen atoms in total. The zero-order valence-electron chi connectivity index (χ0n) is 11.5. The number of sulfone groups is 1. The number of halogens is 1. The minimum atomic E-state index is -4.16. The molecule has 1 atom stereocenters. The van der Waals surface area contributed by atoms with Crippen LogP contribution in [-0.4, -0.2) is 32.2 Å². The van der Waals surface area contributed by atoms with Gasteiger partial charge in [-0.2, -0.15) is 0 Å². The molecule has 0 aromatic heterocycles. The summed E-state index contributed by atoms with van der Waals surface area (Å²) >= 11 is 0. The maximum atomic E-state index is 13.2. The standard InChI is InChI=1S/C12H16FN3O4S/c1-3-15-12(18)16-11(17)7(2)21(19,20)10-5-8(13)4-9(14)6-10/h4-7H,3,14H2,1-2H3,(H2,15,16,17,18). The van der Waals surface area contributed by atoms with Gasteiger partial charge in [-0.05, 0) is 32.0 Å². The molecule has 21 heavy (non-hydrogen) atoms. The minimum Gasteiger partial charge on any atom is -0.399 e. The zero-order chi connectivity index (χ0) is 16.2. The zero-order valence-corrected chi connectivity index (χ0v) is 12.3. The van der Waals surface area contributed by atoms with Crippen molar-refractivity contribution in [2.24, 2.45) is 0 Å². The van der Waals surface area contributed by atoms with Gasteiger partial charge in [0.15, 0.2) is 9.84 Å². The Bertz CT molecular complexity index is 640. The van der Waals surface area contributed by atoms with Gasteiger partial charge in [0.05, 0.1) is 4.90 Å². The molecule has 0 aliphatic carbocycles. The fourth-order valence-corrected chi connectivity index (χ4v) is 2.84. The third-order valence-electron chi connectivity index (χ3n) is 2.63. The molecule has 0 saturated carbocycles. The fourth-order valence-electron chi connectivity index (χ4n) is 1.51. The Morgan fingerprint density at radius 1 is 1.33 bits per heavy atom. The highest BCUT2D eigenvalue weighted by Crippen LogP contribution is 2.20. The van der Waals surface area contributed by atoms with Gasteiger partial charge in [0.1, 0.15) is 11.1 Å².